The Kier molecular flexibility index (Phi) is 18.0. The fourth-order valence-electron chi connectivity index (χ4n) is 4.27. The van der Waals surface area contributed by atoms with Gasteiger partial charge in [0.1, 0.15) is 0 Å². The first kappa shape index (κ1) is 43.5. The van der Waals surface area contributed by atoms with Gasteiger partial charge in [-0.05, 0) is 79.1 Å². The molecule has 7 nitrogen and oxygen atoms in total. The summed E-state index contributed by atoms with van der Waals surface area (Å²) in [5, 5.41) is 5.79. The third-order valence-corrected chi connectivity index (χ3v) is 6.91. The van der Waals surface area contributed by atoms with Crippen LogP contribution >= 0.6 is 0 Å². The van der Waals surface area contributed by atoms with Crippen LogP contribution in [0.2, 0.25) is 0 Å². The summed E-state index contributed by atoms with van der Waals surface area (Å²) in [5.74, 6) is 7.34. The molecular weight excluding hydrogens is 783 g/mol. The van der Waals surface area contributed by atoms with E-state index in [1.165, 1.54) is 53.9 Å². The number of benzene rings is 2. The van der Waals surface area contributed by atoms with Crippen molar-refractivity contribution in [3.8, 4) is 0 Å². The van der Waals surface area contributed by atoms with Crippen LogP contribution in [0, 0.1) is 29.6 Å². The molecule has 243 valence electrons. The van der Waals surface area contributed by atoms with Crippen LogP contribution in [0.1, 0.15) is 69.0 Å². The van der Waals surface area contributed by atoms with Crippen molar-refractivity contribution in [1.29, 1.82) is 0 Å². The van der Waals surface area contributed by atoms with E-state index in [1.54, 1.807) is 14.1 Å². The standard InChI is InChI=1S/C18H18F6N2.C10H15.Ir.H2O4S.H2O/c1-25-15(11-5-3-7-13(9-11)17(19,20)21)16(26-2)12-6-4-8-14(10-12)18(22,23)24;1-6-7(2)9(4)10(5)8(6)3;;1-5(2,3)4;/h3-10,15-16,25-26H,1-2H3;1-5H3;;(H2,1,2,3,4);1H2/q;;+3;;/p-2/t15-,16-;;;;/m1..../s1. The third-order valence-electron chi connectivity index (χ3n) is 6.91. The van der Waals surface area contributed by atoms with Gasteiger partial charge in [0.25, 0.3) is 0 Å². The molecule has 2 atom stereocenters. The molecule has 4 N–H and O–H groups in total. The van der Waals surface area contributed by atoms with Gasteiger partial charge in [-0.25, -0.2) is 0 Å². The van der Waals surface area contributed by atoms with Gasteiger partial charge < -0.3 is 25.2 Å². The van der Waals surface area contributed by atoms with Crippen LogP contribution in [0.4, 0.5) is 26.3 Å². The van der Waals surface area contributed by atoms with Crippen LogP contribution in [-0.4, -0.2) is 37.1 Å². The minimum absolute atomic E-state index is 0. The maximum Gasteiger partial charge on any atom is 3.00 e. The molecule has 0 heterocycles. The number of rotatable bonds is 5. The van der Waals surface area contributed by atoms with E-state index in [9.17, 15) is 26.3 Å². The van der Waals surface area contributed by atoms with Crippen molar-refractivity contribution in [2.45, 2.75) is 59.1 Å². The monoisotopic (exact) mass is 818 g/mol. The SMILES string of the molecule is CN[C@H](c1cccc(C(F)(F)F)c1)[C@H](NC)c1cccc(C(F)(F)F)c1.C[C]1[C](C)[C](C)[C](C)[C]1C.O.O=S(=O)([O-])[O-].[Ir+3]. The van der Waals surface area contributed by atoms with E-state index in [0.717, 1.165) is 24.3 Å². The number of halogens is 6. The average molecular weight is 818 g/mol. The van der Waals surface area contributed by atoms with E-state index in [-0.39, 0.29) is 25.6 Å². The fraction of sp³-hybridized carbons (Fsp3) is 0.393. The van der Waals surface area contributed by atoms with E-state index in [4.69, 9.17) is 17.5 Å². The Balaban J connectivity index is 0. The van der Waals surface area contributed by atoms with E-state index >= 15 is 0 Å². The predicted octanol–water partition coefficient (Wildman–Crippen LogP) is 5.75. The molecular formula is C28H35F6IrN2O5S+. The first-order chi connectivity index (χ1) is 18.6. The van der Waals surface area contributed by atoms with Crippen LogP contribution in [0.5, 0.6) is 0 Å². The molecule has 1 fully saturated rings. The largest absolute Gasteiger partial charge is 3.00 e. The number of hydrogen-bond acceptors (Lipinski definition) is 6. The van der Waals surface area contributed by atoms with Crippen molar-refractivity contribution in [2.24, 2.45) is 0 Å². The molecule has 1 saturated carbocycles. The van der Waals surface area contributed by atoms with Crippen molar-refractivity contribution in [1.82, 2.24) is 10.6 Å². The maximum absolute atomic E-state index is 13.0. The van der Waals surface area contributed by atoms with Gasteiger partial charge in [0.2, 0.25) is 0 Å². The second-order valence-corrected chi connectivity index (χ2v) is 10.1. The minimum atomic E-state index is -5.17. The molecule has 15 heteroatoms. The van der Waals surface area contributed by atoms with Gasteiger partial charge in [-0.1, -0.05) is 58.9 Å². The Labute approximate surface area is 263 Å². The first-order valence-corrected chi connectivity index (χ1v) is 13.5. The number of nitrogens with one attached hydrogen (secondary N) is 2. The van der Waals surface area contributed by atoms with E-state index in [2.05, 4.69) is 45.3 Å². The number of likely N-dealkylation sites (N-methyl/N-ethyl adjacent to an activating group) is 2. The number of alkyl halides is 6. The van der Waals surface area contributed by atoms with Crippen molar-refractivity contribution >= 4 is 10.4 Å². The first-order valence-electron chi connectivity index (χ1n) is 12.2. The van der Waals surface area contributed by atoms with Gasteiger partial charge in [0.05, 0.1) is 23.2 Å². The van der Waals surface area contributed by atoms with Gasteiger partial charge in [-0.3, -0.25) is 8.42 Å². The zero-order valence-corrected chi connectivity index (χ0v) is 27.6. The molecule has 1 aliphatic carbocycles. The molecule has 1 aliphatic rings. The van der Waals surface area contributed by atoms with Gasteiger partial charge in [0, 0.05) is 10.4 Å². The summed E-state index contributed by atoms with van der Waals surface area (Å²) in [4.78, 5) is 0. The Morgan fingerprint density at radius 3 is 1.05 bits per heavy atom. The van der Waals surface area contributed by atoms with Gasteiger partial charge in [0.15, 0.2) is 0 Å². The normalized spacial score (nSPS) is 17.0. The third kappa shape index (κ3) is 13.5. The molecule has 5 radical (unpaired) electrons. The molecule has 0 spiro atoms. The molecule has 0 saturated heterocycles. The van der Waals surface area contributed by atoms with Crippen LogP contribution < -0.4 is 10.6 Å². The summed E-state index contributed by atoms with van der Waals surface area (Å²) in [5.41, 5.74) is -0.985. The quantitative estimate of drug-likeness (QED) is 0.224. The van der Waals surface area contributed by atoms with Gasteiger partial charge in [-0.2, -0.15) is 26.3 Å². The summed E-state index contributed by atoms with van der Waals surface area (Å²) in [6.45, 7) is 11.0. The Morgan fingerprint density at radius 2 is 0.860 bits per heavy atom. The van der Waals surface area contributed by atoms with Crippen LogP contribution in [0.3, 0.4) is 0 Å². The van der Waals surface area contributed by atoms with Crippen molar-refractivity contribution in [3.63, 3.8) is 0 Å². The minimum Gasteiger partial charge on any atom is -0.759 e. The Bertz CT molecular complexity index is 1100. The van der Waals surface area contributed by atoms with Crippen molar-refractivity contribution in [3.05, 3.63) is 100 Å². The molecule has 0 bridgehead atoms. The van der Waals surface area contributed by atoms with Crippen LogP contribution in [0.25, 0.3) is 0 Å². The molecule has 2 aromatic carbocycles. The maximum atomic E-state index is 13.0. The van der Waals surface area contributed by atoms with E-state index in [1.807, 2.05) is 0 Å². The summed E-state index contributed by atoms with van der Waals surface area (Å²) in [6.07, 6.45) is -9.00. The molecule has 2 aromatic rings. The summed E-state index contributed by atoms with van der Waals surface area (Å²) < 4.78 is 112. The molecule has 0 amide bonds. The molecule has 43 heavy (non-hydrogen) atoms. The molecule has 0 unspecified atom stereocenters. The average Bonchev–Trinajstić information content (AvgIpc) is 3.03. The second kappa shape index (κ2) is 17.8. The second-order valence-electron chi connectivity index (χ2n) is 9.31. The summed E-state index contributed by atoms with van der Waals surface area (Å²) in [6, 6.07) is 8.16. The Hall–Kier alpha value is -1.58. The molecule has 3 rings (SSSR count). The van der Waals surface area contributed by atoms with Gasteiger partial charge >= 0.3 is 32.5 Å². The van der Waals surface area contributed by atoms with Crippen molar-refractivity contribution < 1.29 is 69.4 Å². The van der Waals surface area contributed by atoms with E-state index in [0.29, 0.717) is 11.1 Å². The Morgan fingerprint density at radius 1 is 0.628 bits per heavy atom. The molecule has 0 aromatic heterocycles. The summed E-state index contributed by atoms with van der Waals surface area (Å²) in [7, 11) is -2.08. The summed E-state index contributed by atoms with van der Waals surface area (Å²) >= 11 is 0. The van der Waals surface area contributed by atoms with E-state index < -0.39 is 46.0 Å². The van der Waals surface area contributed by atoms with Crippen LogP contribution in [0.15, 0.2) is 48.5 Å². The smallest absolute Gasteiger partial charge is 0.759 e. The van der Waals surface area contributed by atoms with Crippen molar-refractivity contribution in [2.75, 3.05) is 14.1 Å². The topological polar surface area (TPSA) is 136 Å². The fourth-order valence-corrected chi connectivity index (χ4v) is 4.27. The van der Waals surface area contributed by atoms with Crippen LogP contribution in [-0.2, 0) is 42.9 Å². The zero-order chi connectivity index (χ0) is 31.9. The van der Waals surface area contributed by atoms with Gasteiger partial charge in [-0.15, -0.1) is 0 Å². The molecule has 0 aliphatic heterocycles. The zero-order valence-electron chi connectivity index (χ0n) is 24.4. The predicted molar refractivity (Wildman–Crippen MR) is 145 cm³/mol. The number of hydrogen-bond donors (Lipinski definition) is 2.